The minimum Gasteiger partial charge on any atom is -0.380 e. The monoisotopic (exact) mass is 369 g/mol. The molecule has 1 saturated carbocycles. The minimum absolute atomic E-state index is 0.378. The van der Waals surface area contributed by atoms with Crippen molar-refractivity contribution in [2.75, 3.05) is 7.11 Å². The summed E-state index contributed by atoms with van der Waals surface area (Å²) < 4.78 is 6.41. The Morgan fingerprint density at radius 2 is 2.00 bits per heavy atom. The second-order valence-corrected chi connectivity index (χ2v) is 6.77. The summed E-state index contributed by atoms with van der Waals surface area (Å²) in [5.41, 5.74) is 3.29. The van der Waals surface area contributed by atoms with Crippen molar-refractivity contribution < 1.29 is 4.74 Å². The van der Waals surface area contributed by atoms with Crippen molar-refractivity contribution in [3.05, 3.63) is 64.3 Å². The van der Waals surface area contributed by atoms with Crippen LogP contribution < -0.4 is 0 Å². The molecule has 3 aromatic rings. The van der Waals surface area contributed by atoms with Crippen LogP contribution in [0.4, 0.5) is 0 Å². The number of fused-ring (bicyclic) bond motifs is 1. The van der Waals surface area contributed by atoms with Crippen LogP contribution in [0, 0.1) is 0 Å². The molecule has 4 nitrogen and oxygen atoms in total. The molecule has 23 heavy (non-hydrogen) atoms. The second kappa shape index (κ2) is 5.98. The van der Waals surface area contributed by atoms with Gasteiger partial charge in [-0.2, -0.15) is 0 Å². The van der Waals surface area contributed by atoms with Crippen molar-refractivity contribution in [2.45, 2.75) is 24.9 Å². The maximum Gasteiger partial charge on any atom is 0.131 e. The first-order chi connectivity index (χ1) is 11.3. The average molecular weight is 370 g/mol. The Bertz CT molecular complexity index is 854. The van der Waals surface area contributed by atoms with Crippen LogP contribution in [0.25, 0.3) is 10.9 Å². The Labute approximate surface area is 143 Å². The van der Waals surface area contributed by atoms with Gasteiger partial charge in [0.2, 0.25) is 0 Å². The normalized spacial score (nSPS) is 19.9. The first-order valence-corrected chi connectivity index (χ1v) is 8.40. The fourth-order valence-corrected chi connectivity index (χ4v) is 3.42. The minimum atomic E-state index is 0.378. The summed E-state index contributed by atoms with van der Waals surface area (Å²) >= 11 is 3.53. The van der Waals surface area contributed by atoms with Gasteiger partial charge in [-0.1, -0.05) is 22.0 Å². The molecule has 5 heteroatoms. The fraction of sp³-hybridized carbons (Fsp3) is 0.278. The van der Waals surface area contributed by atoms with Crippen LogP contribution in [0.1, 0.15) is 35.3 Å². The van der Waals surface area contributed by atoms with E-state index >= 15 is 0 Å². The van der Waals surface area contributed by atoms with Gasteiger partial charge in [0.15, 0.2) is 0 Å². The van der Waals surface area contributed by atoms with Gasteiger partial charge in [0.25, 0.3) is 0 Å². The predicted molar refractivity (Wildman–Crippen MR) is 92.3 cm³/mol. The van der Waals surface area contributed by atoms with E-state index < -0.39 is 0 Å². The summed E-state index contributed by atoms with van der Waals surface area (Å²) in [5.74, 6) is 1.70. The highest BCUT2D eigenvalue weighted by atomic mass is 79.9. The van der Waals surface area contributed by atoms with E-state index in [0.29, 0.717) is 18.4 Å². The molecular formula is C18H16BrN3O. The zero-order valence-corrected chi connectivity index (χ0v) is 14.3. The molecule has 2 heterocycles. The van der Waals surface area contributed by atoms with Gasteiger partial charge < -0.3 is 4.74 Å². The van der Waals surface area contributed by atoms with E-state index in [-0.39, 0.29) is 0 Å². The molecule has 0 unspecified atom stereocenters. The van der Waals surface area contributed by atoms with Crippen molar-refractivity contribution in [1.82, 2.24) is 15.0 Å². The highest BCUT2D eigenvalue weighted by Crippen LogP contribution is 2.53. The zero-order valence-electron chi connectivity index (χ0n) is 12.7. The molecule has 116 valence electrons. The van der Waals surface area contributed by atoms with E-state index in [1.54, 1.807) is 19.5 Å². The van der Waals surface area contributed by atoms with Crippen LogP contribution >= 0.6 is 15.9 Å². The Hall–Kier alpha value is -1.85. The lowest BCUT2D eigenvalue weighted by Crippen LogP contribution is -1.98. The predicted octanol–water partition coefficient (Wildman–Crippen LogP) is 4.20. The fourth-order valence-electron chi connectivity index (χ4n) is 3.07. The van der Waals surface area contributed by atoms with Crippen molar-refractivity contribution >= 4 is 26.8 Å². The maximum absolute atomic E-state index is 5.37. The molecule has 4 rings (SSSR count). The van der Waals surface area contributed by atoms with Gasteiger partial charge >= 0.3 is 0 Å². The summed E-state index contributed by atoms with van der Waals surface area (Å²) in [6.45, 7) is 0.590. The Morgan fingerprint density at radius 1 is 1.17 bits per heavy atom. The van der Waals surface area contributed by atoms with Crippen LogP contribution in [-0.2, 0) is 11.3 Å². The third kappa shape index (κ3) is 2.86. The van der Waals surface area contributed by atoms with Crippen LogP contribution in [0.3, 0.4) is 0 Å². The molecule has 0 aliphatic heterocycles. The molecule has 2 aromatic heterocycles. The van der Waals surface area contributed by atoms with E-state index in [0.717, 1.165) is 33.3 Å². The molecule has 0 radical (unpaired) electrons. The molecular weight excluding hydrogens is 354 g/mol. The van der Waals surface area contributed by atoms with E-state index in [2.05, 4.69) is 44.1 Å². The number of ether oxygens (including phenoxy) is 1. The van der Waals surface area contributed by atoms with Gasteiger partial charge in [0.1, 0.15) is 5.82 Å². The summed E-state index contributed by atoms with van der Waals surface area (Å²) in [6.07, 6.45) is 4.67. The standard InChI is InChI=1S/C18H16BrN3O/c1-23-10-11-7-16(22-17-8-12(19)3-4-13(11)17)14-9-15(14)18-20-5-2-6-21-18/h2-8,14-15H,9-10H2,1H3/t14-,15-/m0/s1. The van der Waals surface area contributed by atoms with Crippen molar-refractivity contribution in [3.8, 4) is 0 Å². The molecule has 0 bridgehead atoms. The number of pyridine rings is 1. The van der Waals surface area contributed by atoms with Gasteiger partial charge in [-0.25, -0.2) is 9.97 Å². The number of aromatic nitrogens is 3. The molecule has 0 N–H and O–H groups in total. The lowest BCUT2D eigenvalue weighted by atomic mass is 10.1. The van der Waals surface area contributed by atoms with E-state index in [1.807, 2.05) is 12.1 Å². The largest absolute Gasteiger partial charge is 0.380 e. The molecule has 1 aliphatic rings. The summed E-state index contributed by atoms with van der Waals surface area (Å²) in [7, 11) is 1.72. The first kappa shape index (κ1) is 14.7. The van der Waals surface area contributed by atoms with Crippen LogP contribution in [0.15, 0.2) is 47.2 Å². The van der Waals surface area contributed by atoms with Crippen molar-refractivity contribution in [1.29, 1.82) is 0 Å². The van der Waals surface area contributed by atoms with Crippen LogP contribution in [0.5, 0.6) is 0 Å². The van der Waals surface area contributed by atoms with E-state index in [9.17, 15) is 0 Å². The molecule has 2 atom stereocenters. The Balaban J connectivity index is 1.73. The lowest BCUT2D eigenvalue weighted by Gasteiger charge is -2.09. The Kier molecular flexibility index (Phi) is 3.83. The van der Waals surface area contributed by atoms with E-state index in [4.69, 9.17) is 9.72 Å². The van der Waals surface area contributed by atoms with Gasteiger partial charge in [0.05, 0.1) is 12.1 Å². The molecule has 1 fully saturated rings. The summed E-state index contributed by atoms with van der Waals surface area (Å²) in [5, 5.41) is 1.15. The van der Waals surface area contributed by atoms with Crippen LogP contribution in [-0.4, -0.2) is 22.1 Å². The number of benzene rings is 1. The molecule has 0 spiro atoms. The number of methoxy groups -OCH3 is 1. The Morgan fingerprint density at radius 3 is 2.78 bits per heavy atom. The van der Waals surface area contributed by atoms with Gasteiger partial charge in [-0.05, 0) is 36.2 Å². The number of hydrogen-bond acceptors (Lipinski definition) is 4. The van der Waals surface area contributed by atoms with E-state index in [1.165, 1.54) is 5.56 Å². The van der Waals surface area contributed by atoms with Gasteiger partial charge in [0, 0.05) is 46.9 Å². The zero-order chi connectivity index (χ0) is 15.8. The third-order valence-electron chi connectivity index (χ3n) is 4.26. The van der Waals surface area contributed by atoms with Crippen molar-refractivity contribution in [2.24, 2.45) is 0 Å². The summed E-state index contributed by atoms with van der Waals surface area (Å²) in [4.78, 5) is 13.6. The molecule has 1 aliphatic carbocycles. The summed E-state index contributed by atoms with van der Waals surface area (Å²) in [6, 6.07) is 10.2. The van der Waals surface area contributed by atoms with Crippen molar-refractivity contribution in [3.63, 3.8) is 0 Å². The average Bonchev–Trinajstić information content (AvgIpc) is 3.36. The second-order valence-electron chi connectivity index (χ2n) is 5.86. The molecule has 0 saturated heterocycles. The highest BCUT2D eigenvalue weighted by molar-refractivity contribution is 9.10. The maximum atomic E-state index is 5.37. The van der Waals surface area contributed by atoms with Gasteiger partial charge in [-0.15, -0.1) is 0 Å². The van der Waals surface area contributed by atoms with Gasteiger partial charge in [-0.3, -0.25) is 4.98 Å². The molecule has 1 aromatic carbocycles. The number of rotatable bonds is 4. The first-order valence-electron chi connectivity index (χ1n) is 7.61. The number of halogens is 1. The topological polar surface area (TPSA) is 47.9 Å². The lowest BCUT2D eigenvalue weighted by molar-refractivity contribution is 0.186. The highest BCUT2D eigenvalue weighted by Gasteiger charge is 2.42. The smallest absolute Gasteiger partial charge is 0.131 e. The molecule has 0 amide bonds. The number of nitrogens with zero attached hydrogens (tertiary/aromatic N) is 3. The third-order valence-corrected chi connectivity index (χ3v) is 4.76. The SMILES string of the molecule is COCc1cc([C@H]2C[C@@H]2c2ncccn2)nc2cc(Br)ccc12. The quantitative estimate of drug-likeness (QED) is 0.691. The number of hydrogen-bond donors (Lipinski definition) is 0. The van der Waals surface area contributed by atoms with Crippen LogP contribution in [0.2, 0.25) is 0 Å².